The fraction of sp³-hybridized carbons (Fsp3) is 0.235. The zero-order chi connectivity index (χ0) is 23.2. The third-order valence-electron chi connectivity index (χ3n) is 3.52. The van der Waals surface area contributed by atoms with Crippen molar-refractivity contribution in [1.82, 2.24) is 9.71 Å². The minimum Gasteiger partial charge on any atom is -0.456 e. The number of ether oxygens (including phenoxy) is 1. The summed E-state index contributed by atoms with van der Waals surface area (Å²) in [6, 6.07) is 4.48. The van der Waals surface area contributed by atoms with Crippen molar-refractivity contribution in [1.29, 1.82) is 0 Å². The minimum absolute atomic E-state index is 0.000892. The lowest BCUT2D eigenvalue weighted by atomic mass is 10.2. The van der Waals surface area contributed by atoms with Crippen molar-refractivity contribution in [2.75, 3.05) is 18.5 Å². The van der Waals surface area contributed by atoms with Crippen molar-refractivity contribution >= 4 is 50.9 Å². The highest BCUT2D eigenvalue weighted by atomic mass is 35.5. The lowest BCUT2D eigenvalue weighted by molar-refractivity contribution is -0.147. The average Bonchev–Trinajstić information content (AvgIpc) is 2.68. The Labute approximate surface area is 184 Å². The number of sulfonamides is 1. The van der Waals surface area contributed by atoms with Crippen LogP contribution in [-0.4, -0.2) is 38.4 Å². The summed E-state index contributed by atoms with van der Waals surface area (Å²) in [5, 5.41) is 2.61. The number of anilines is 1. The van der Waals surface area contributed by atoms with Gasteiger partial charge in [-0.2, -0.15) is 13.2 Å². The maximum absolute atomic E-state index is 12.7. The van der Waals surface area contributed by atoms with Crippen LogP contribution in [0.5, 0.6) is 0 Å². The first-order chi connectivity index (χ1) is 14.4. The third-order valence-corrected chi connectivity index (χ3v) is 5.48. The predicted molar refractivity (Wildman–Crippen MR) is 105 cm³/mol. The average molecular weight is 500 g/mol. The number of rotatable bonds is 8. The SMILES string of the molecule is O=C(COC(=O)CCNS(=O)(=O)c1cccc(C(F)(F)F)c1)Nc1ncc(Cl)cc1Cl. The number of amides is 1. The number of pyridine rings is 1. The number of aromatic nitrogens is 1. The Morgan fingerprint density at radius 2 is 1.87 bits per heavy atom. The van der Waals surface area contributed by atoms with E-state index < -0.39 is 58.1 Å². The van der Waals surface area contributed by atoms with Crippen LogP contribution in [0.25, 0.3) is 0 Å². The quantitative estimate of drug-likeness (QED) is 0.538. The van der Waals surface area contributed by atoms with Gasteiger partial charge >= 0.3 is 12.1 Å². The third kappa shape index (κ3) is 7.65. The molecule has 2 aromatic rings. The van der Waals surface area contributed by atoms with E-state index in [1.807, 2.05) is 4.72 Å². The molecule has 0 aliphatic heterocycles. The molecule has 0 aliphatic carbocycles. The van der Waals surface area contributed by atoms with Gasteiger partial charge in [0.25, 0.3) is 5.91 Å². The summed E-state index contributed by atoms with van der Waals surface area (Å²) in [7, 11) is -4.29. The van der Waals surface area contributed by atoms with Crippen LogP contribution in [-0.2, 0) is 30.5 Å². The number of nitrogens with zero attached hydrogens (tertiary/aromatic N) is 1. The Hall–Kier alpha value is -2.41. The number of esters is 1. The number of nitrogens with one attached hydrogen (secondary N) is 2. The molecule has 0 radical (unpaired) electrons. The Morgan fingerprint density at radius 1 is 1.16 bits per heavy atom. The second-order valence-electron chi connectivity index (χ2n) is 5.87. The number of hydrogen-bond acceptors (Lipinski definition) is 6. The highest BCUT2D eigenvalue weighted by Gasteiger charge is 2.31. The standard InChI is InChI=1S/C17H14Cl2F3N3O5S/c18-11-7-13(19)16(23-8-11)25-14(26)9-30-15(27)4-5-24-31(28,29)12-3-1-2-10(6-12)17(20,21)22/h1-3,6-8,24H,4-5,9H2,(H,23,25,26). The molecular formula is C17H14Cl2F3N3O5S. The molecule has 14 heteroatoms. The van der Waals surface area contributed by atoms with Crippen LogP contribution in [0.15, 0.2) is 41.4 Å². The van der Waals surface area contributed by atoms with Gasteiger partial charge in [0.1, 0.15) is 0 Å². The molecule has 0 aliphatic rings. The van der Waals surface area contributed by atoms with Crippen LogP contribution >= 0.6 is 23.2 Å². The first-order valence-electron chi connectivity index (χ1n) is 8.32. The van der Waals surface area contributed by atoms with Gasteiger partial charge in [-0.1, -0.05) is 29.3 Å². The molecule has 0 unspecified atom stereocenters. The Bertz CT molecular complexity index is 1080. The maximum Gasteiger partial charge on any atom is 0.416 e. The lowest BCUT2D eigenvalue weighted by Crippen LogP contribution is -2.28. The minimum atomic E-state index is -4.71. The van der Waals surface area contributed by atoms with Crippen molar-refractivity contribution in [3.8, 4) is 0 Å². The van der Waals surface area contributed by atoms with Gasteiger partial charge in [0.05, 0.1) is 26.9 Å². The van der Waals surface area contributed by atoms with Gasteiger partial charge in [-0.3, -0.25) is 9.59 Å². The van der Waals surface area contributed by atoms with Gasteiger partial charge in [0, 0.05) is 12.7 Å². The van der Waals surface area contributed by atoms with E-state index >= 15 is 0 Å². The lowest BCUT2D eigenvalue weighted by Gasteiger charge is -2.10. The van der Waals surface area contributed by atoms with Crippen LogP contribution in [0.3, 0.4) is 0 Å². The molecule has 31 heavy (non-hydrogen) atoms. The predicted octanol–water partition coefficient (Wildman–Crippen LogP) is 3.26. The summed E-state index contributed by atoms with van der Waals surface area (Å²) in [5.41, 5.74) is -1.13. The van der Waals surface area contributed by atoms with E-state index in [1.54, 1.807) is 0 Å². The van der Waals surface area contributed by atoms with Crippen molar-refractivity contribution in [2.24, 2.45) is 0 Å². The summed E-state index contributed by atoms with van der Waals surface area (Å²) in [5.74, 6) is -1.67. The molecule has 1 heterocycles. The zero-order valence-corrected chi connectivity index (χ0v) is 17.7. The molecule has 1 aromatic carbocycles. The molecule has 168 valence electrons. The summed E-state index contributed by atoms with van der Waals surface area (Å²) >= 11 is 11.5. The van der Waals surface area contributed by atoms with Crippen LogP contribution in [0.2, 0.25) is 10.0 Å². The summed E-state index contributed by atoms with van der Waals surface area (Å²) in [4.78, 5) is 26.6. The van der Waals surface area contributed by atoms with Gasteiger partial charge in [-0.05, 0) is 24.3 Å². The number of carbonyl (C=O) groups excluding carboxylic acids is 2. The number of benzene rings is 1. The molecule has 0 bridgehead atoms. The fourth-order valence-electron chi connectivity index (χ4n) is 2.10. The van der Waals surface area contributed by atoms with Crippen molar-refractivity contribution in [3.05, 3.63) is 52.1 Å². The van der Waals surface area contributed by atoms with E-state index in [0.29, 0.717) is 6.07 Å². The Balaban J connectivity index is 1.81. The second kappa shape index (κ2) is 10.3. The fourth-order valence-corrected chi connectivity index (χ4v) is 3.61. The van der Waals surface area contributed by atoms with Crippen molar-refractivity contribution < 1.29 is 35.9 Å². The van der Waals surface area contributed by atoms with Gasteiger partial charge in [-0.15, -0.1) is 0 Å². The molecule has 0 fully saturated rings. The van der Waals surface area contributed by atoms with E-state index in [1.165, 1.54) is 12.3 Å². The van der Waals surface area contributed by atoms with Crippen molar-refractivity contribution in [3.63, 3.8) is 0 Å². The molecule has 2 rings (SSSR count). The normalized spacial score (nSPS) is 11.8. The highest BCUT2D eigenvalue weighted by molar-refractivity contribution is 7.89. The monoisotopic (exact) mass is 499 g/mol. The van der Waals surface area contributed by atoms with Crippen molar-refractivity contribution in [2.45, 2.75) is 17.5 Å². The van der Waals surface area contributed by atoms with Gasteiger partial charge < -0.3 is 10.1 Å². The van der Waals surface area contributed by atoms with Gasteiger partial charge in [0.15, 0.2) is 12.4 Å². The molecule has 0 atom stereocenters. The van der Waals surface area contributed by atoms with E-state index in [2.05, 4.69) is 10.3 Å². The van der Waals surface area contributed by atoms with Gasteiger partial charge in [0.2, 0.25) is 10.0 Å². The molecule has 1 amide bonds. The van der Waals surface area contributed by atoms with Gasteiger partial charge in [-0.25, -0.2) is 18.1 Å². The van der Waals surface area contributed by atoms with E-state index in [4.69, 9.17) is 27.9 Å². The number of halogens is 5. The second-order valence-corrected chi connectivity index (χ2v) is 8.48. The zero-order valence-electron chi connectivity index (χ0n) is 15.4. The molecule has 8 nitrogen and oxygen atoms in total. The van der Waals surface area contributed by atoms with E-state index in [-0.39, 0.29) is 15.9 Å². The topological polar surface area (TPSA) is 114 Å². The molecule has 1 aromatic heterocycles. The number of alkyl halides is 3. The van der Waals surface area contributed by atoms with Crippen LogP contribution < -0.4 is 10.0 Å². The summed E-state index contributed by atoms with van der Waals surface area (Å²) in [6.07, 6.45) is -3.93. The molecule has 0 saturated heterocycles. The summed E-state index contributed by atoms with van der Waals surface area (Å²) in [6.45, 7) is -1.15. The maximum atomic E-state index is 12.7. The Morgan fingerprint density at radius 3 is 2.52 bits per heavy atom. The number of hydrogen-bond donors (Lipinski definition) is 2. The smallest absolute Gasteiger partial charge is 0.416 e. The molecule has 0 spiro atoms. The van der Waals surface area contributed by atoms with Crippen LogP contribution in [0.4, 0.5) is 19.0 Å². The van der Waals surface area contributed by atoms with E-state index in [9.17, 15) is 31.2 Å². The molecule has 2 N–H and O–H groups in total. The highest BCUT2D eigenvalue weighted by Crippen LogP contribution is 2.30. The number of carbonyl (C=O) groups is 2. The first-order valence-corrected chi connectivity index (χ1v) is 10.6. The molecule has 0 saturated carbocycles. The van der Waals surface area contributed by atoms with E-state index in [0.717, 1.165) is 18.2 Å². The molecular weight excluding hydrogens is 486 g/mol. The summed E-state index contributed by atoms with van der Waals surface area (Å²) < 4.78 is 69.0. The van der Waals surface area contributed by atoms with Crippen LogP contribution in [0, 0.1) is 0 Å². The largest absolute Gasteiger partial charge is 0.456 e. The van der Waals surface area contributed by atoms with Crippen LogP contribution in [0.1, 0.15) is 12.0 Å². The first kappa shape index (κ1) is 24.9. The Kier molecular flexibility index (Phi) is 8.23.